The number of nitrogens with zero attached hydrogens (tertiary/aromatic N) is 3. The van der Waals surface area contributed by atoms with Crippen LogP contribution in [0.2, 0.25) is 0 Å². The Morgan fingerprint density at radius 2 is 1.07 bits per heavy atom. The van der Waals surface area contributed by atoms with Gasteiger partial charge < -0.3 is 8.98 Å². The largest absolute Gasteiger partial charge is 0.454 e. The number of aromatic nitrogens is 3. The lowest BCUT2D eigenvalue weighted by molar-refractivity contribution is 0.673. The van der Waals surface area contributed by atoms with Crippen LogP contribution >= 0.6 is 0 Å². The van der Waals surface area contributed by atoms with Crippen molar-refractivity contribution < 1.29 is 4.42 Å². The van der Waals surface area contributed by atoms with E-state index < -0.39 is 0 Å². The van der Waals surface area contributed by atoms with Gasteiger partial charge in [0.05, 0.1) is 16.9 Å². The first-order valence-electron chi connectivity index (χ1n) is 13.3. The maximum atomic E-state index is 6.33. The third-order valence-electron chi connectivity index (χ3n) is 7.43. The Morgan fingerprint density at radius 1 is 0.500 bits per heavy atom. The summed E-state index contributed by atoms with van der Waals surface area (Å²) >= 11 is 0. The molecule has 0 spiro atoms. The third-order valence-corrected chi connectivity index (χ3v) is 7.43. The molecule has 0 aliphatic heterocycles. The van der Waals surface area contributed by atoms with Crippen LogP contribution in [0.3, 0.4) is 0 Å². The van der Waals surface area contributed by atoms with Crippen LogP contribution in [-0.4, -0.2) is 14.5 Å². The molecule has 0 radical (unpaired) electrons. The number of fused-ring (bicyclic) bond motifs is 5. The SMILES string of the molecule is c1ccc(-c2cc(-c3ccc(-n4c5ccccc5c5oc6ccccc6c54)cc3)nc(-c3ccccc3)n2)cc1. The molecule has 4 nitrogen and oxygen atoms in total. The van der Waals surface area contributed by atoms with Gasteiger partial charge in [0.1, 0.15) is 11.1 Å². The van der Waals surface area contributed by atoms with Gasteiger partial charge in [0, 0.05) is 33.2 Å². The summed E-state index contributed by atoms with van der Waals surface area (Å²) in [4.78, 5) is 9.91. The monoisotopic (exact) mass is 513 g/mol. The van der Waals surface area contributed by atoms with Gasteiger partial charge in [0.15, 0.2) is 11.4 Å². The summed E-state index contributed by atoms with van der Waals surface area (Å²) in [5.41, 5.74) is 9.96. The standard InChI is InChI=1S/C36H23N3O/c1-3-11-24(12-4-1)30-23-31(38-36(37-30)26-13-5-2-6-14-26)25-19-21-27(22-20-25)39-32-17-9-7-15-28(32)35-34(39)29-16-8-10-18-33(29)40-35/h1-23H. The van der Waals surface area contributed by atoms with Crippen LogP contribution in [0.15, 0.2) is 144 Å². The second kappa shape index (κ2) is 9.07. The Hall–Kier alpha value is -5.48. The first kappa shape index (κ1) is 22.5. The van der Waals surface area contributed by atoms with Crippen molar-refractivity contribution in [2.75, 3.05) is 0 Å². The molecule has 8 rings (SSSR count). The van der Waals surface area contributed by atoms with E-state index in [9.17, 15) is 0 Å². The van der Waals surface area contributed by atoms with E-state index in [1.807, 2.05) is 48.5 Å². The Kier molecular flexibility index (Phi) is 5.10. The Balaban J connectivity index is 1.29. The highest BCUT2D eigenvalue weighted by atomic mass is 16.3. The van der Waals surface area contributed by atoms with Crippen molar-refractivity contribution in [3.05, 3.63) is 140 Å². The van der Waals surface area contributed by atoms with Crippen LogP contribution in [0.4, 0.5) is 0 Å². The molecule has 0 atom stereocenters. The predicted molar refractivity (Wildman–Crippen MR) is 162 cm³/mol. The molecule has 188 valence electrons. The molecule has 3 heterocycles. The van der Waals surface area contributed by atoms with Crippen LogP contribution in [0.5, 0.6) is 0 Å². The molecule has 4 heteroatoms. The lowest BCUT2D eigenvalue weighted by Gasteiger charge is -2.11. The number of rotatable bonds is 4. The zero-order chi connectivity index (χ0) is 26.5. The molecule has 0 fully saturated rings. The normalized spacial score (nSPS) is 11.5. The summed E-state index contributed by atoms with van der Waals surface area (Å²) in [6.45, 7) is 0. The van der Waals surface area contributed by atoms with Crippen molar-refractivity contribution in [1.29, 1.82) is 0 Å². The quantitative estimate of drug-likeness (QED) is 0.235. The van der Waals surface area contributed by atoms with E-state index in [2.05, 4.69) is 95.6 Å². The number of benzene rings is 5. The zero-order valence-electron chi connectivity index (χ0n) is 21.5. The predicted octanol–water partition coefficient (Wildman–Crippen LogP) is 9.32. The van der Waals surface area contributed by atoms with Crippen molar-refractivity contribution in [1.82, 2.24) is 14.5 Å². The minimum atomic E-state index is 0.712. The number of para-hydroxylation sites is 2. The molecular formula is C36H23N3O. The van der Waals surface area contributed by atoms with Crippen LogP contribution in [0, 0.1) is 0 Å². The van der Waals surface area contributed by atoms with Gasteiger partial charge in [-0.05, 0) is 42.5 Å². The van der Waals surface area contributed by atoms with Crippen molar-refractivity contribution >= 4 is 33.0 Å². The summed E-state index contributed by atoms with van der Waals surface area (Å²) in [7, 11) is 0. The van der Waals surface area contributed by atoms with E-state index >= 15 is 0 Å². The maximum absolute atomic E-state index is 6.33. The molecule has 0 aliphatic carbocycles. The molecule has 0 N–H and O–H groups in total. The van der Waals surface area contributed by atoms with Crippen molar-refractivity contribution in [2.24, 2.45) is 0 Å². The maximum Gasteiger partial charge on any atom is 0.161 e. The highest BCUT2D eigenvalue weighted by molar-refractivity contribution is 6.16. The van der Waals surface area contributed by atoms with Gasteiger partial charge >= 0.3 is 0 Å². The molecule has 0 unspecified atom stereocenters. The Bertz CT molecular complexity index is 2080. The van der Waals surface area contributed by atoms with Crippen LogP contribution in [0.1, 0.15) is 0 Å². The van der Waals surface area contributed by atoms with Gasteiger partial charge in [0.25, 0.3) is 0 Å². The smallest absolute Gasteiger partial charge is 0.161 e. The van der Waals surface area contributed by atoms with Crippen LogP contribution in [0.25, 0.3) is 72.6 Å². The number of hydrogen-bond acceptors (Lipinski definition) is 3. The van der Waals surface area contributed by atoms with Crippen molar-refractivity contribution in [3.63, 3.8) is 0 Å². The molecule has 0 saturated carbocycles. The molecule has 8 aromatic rings. The minimum Gasteiger partial charge on any atom is -0.454 e. The van der Waals surface area contributed by atoms with Crippen molar-refractivity contribution in [2.45, 2.75) is 0 Å². The van der Waals surface area contributed by atoms with E-state index in [0.717, 1.165) is 66.7 Å². The highest BCUT2D eigenvalue weighted by Gasteiger charge is 2.19. The molecule has 0 aliphatic rings. The van der Waals surface area contributed by atoms with E-state index in [-0.39, 0.29) is 0 Å². The molecule has 3 aromatic heterocycles. The van der Waals surface area contributed by atoms with Crippen molar-refractivity contribution in [3.8, 4) is 39.6 Å². The lowest BCUT2D eigenvalue weighted by atomic mass is 10.1. The molecule has 5 aromatic carbocycles. The van der Waals surface area contributed by atoms with Gasteiger partial charge in [-0.15, -0.1) is 0 Å². The summed E-state index contributed by atoms with van der Waals surface area (Å²) < 4.78 is 8.63. The molecule has 40 heavy (non-hydrogen) atoms. The van der Waals surface area contributed by atoms with Crippen LogP contribution < -0.4 is 0 Å². The average Bonchev–Trinajstić information content (AvgIpc) is 3.57. The van der Waals surface area contributed by atoms with E-state index in [1.165, 1.54) is 0 Å². The first-order chi connectivity index (χ1) is 19.8. The second-order valence-electron chi connectivity index (χ2n) is 9.87. The third kappa shape index (κ3) is 3.62. The fraction of sp³-hybridized carbons (Fsp3) is 0. The Morgan fingerprint density at radius 3 is 1.80 bits per heavy atom. The van der Waals surface area contributed by atoms with Gasteiger partial charge in [-0.25, -0.2) is 9.97 Å². The summed E-state index contributed by atoms with van der Waals surface area (Å²) in [5, 5.41) is 2.21. The average molecular weight is 514 g/mol. The van der Waals surface area contributed by atoms with E-state index in [1.54, 1.807) is 0 Å². The summed E-state index contributed by atoms with van der Waals surface area (Å²) in [5.74, 6) is 0.712. The van der Waals surface area contributed by atoms with E-state index in [0.29, 0.717) is 5.82 Å². The highest BCUT2D eigenvalue weighted by Crippen LogP contribution is 2.39. The first-order valence-corrected chi connectivity index (χ1v) is 13.3. The van der Waals surface area contributed by atoms with Gasteiger partial charge in [-0.1, -0.05) is 97.1 Å². The lowest BCUT2D eigenvalue weighted by Crippen LogP contribution is -1.97. The summed E-state index contributed by atoms with van der Waals surface area (Å²) in [6.07, 6.45) is 0. The second-order valence-corrected chi connectivity index (χ2v) is 9.87. The topological polar surface area (TPSA) is 43.9 Å². The number of furan rings is 1. The fourth-order valence-corrected chi connectivity index (χ4v) is 5.54. The fourth-order valence-electron chi connectivity index (χ4n) is 5.54. The minimum absolute atomic E-state index is 0.712. The molecule has 0 saturated heterocycles. The summed E-state index contributed by atoms with van der Waals surface area (Å²) in [6, 6.07) is 47.7. The van der Waals surface area contributed by atoms with Gasteiger partial charge in [-0.2, -0.15) is 0 Å². The van der Waals surface area contributed by atoms with Gasteiger partial charge in [0.2, 0.25) is 0 Å². The Labute approximate surface area is 230 Å². The van der Waals surface area contributed by atoms with Crippen LogP contribution in [-0.2, 0) is 0 Å². The van der Waals surface area contributed by atoms with Gasteiger partial charge in [-0.3, -0.25) is 0 Å². The molecular weight excluding hydrogens is 490 g/mol. The molecule has 0 amide bonds. The zero-order valence-corrected chi connectivity index (χ0v) is 21.5. The molecule has 0 bridgehead atoms. The van der Waals surface area contributed by atoms with E-state index in [4.69, 9.17) is 14.4 Å². The number of hydrogen-bond donors (Lipinski definition) is 0.